The predicted molar refractivity (Wildman–Crippen MR) is 78.2 cm³/mol. The topological polar surface area (TPSA) is 30.3 Å². The zero-order chi connectivity index (χ0) is 13.4. The molecule has 2 aromatic rings. The Morgan fingerprint density at radius 1 is 1.32 bits per heavy atom. The molecule has 100 valence electrons. The van der Waals surface area contributed by atoms with Gasteiger partial charge in [-0.3, -0.25) is 4.90 Å². The van der Waals surface area contributed by atoms with Gasteiger partial charge in [-0.05, 0) is 35.1 Å². The summed E-state index contributed by atoms with van der Waals surface area (Å²) in [5.74, 6) is 1.87. The average molecular weight is 322 g/mol. The highest BCUT2D eigenvalue weighted by Gasteiger charge is 2.21. The van der Waals surface area contributed by atoms with E-state index < -0.39 is 0 Å². The van der Waals surface area contributed by atoms with Crippen LogP contribution in [0.15, 0.2) is 28.9 Å². The number of aromatic nitrogens is 2. The molecule has 1 aromatic carbocycles. The Labute approximate surface area is 121 Å². The van der Waals surface area contributed by atoms with E-state index in [9.17, 15) is 0 Å². The Kier molecular flexibility index (Phi) is 3.33. The Hall–Kier alpha value is -1.33. The van der Waals surface area contributed by atoms with Crippen molar-refractivity contribution in [3.63, 3.8) is 0 Å². The molecule has 0 atom stereocenters. The van der Waals surface area contributed by atoms with Crippen LogP contribution in [-0.2, 0) is 13.1 Å². The molecule has 5 heteroatoms. The van der Waals surface area contributed by atoms with E-state index >= 15 is 0 Å². The van der Waals surface area contributed by atoms with Crippen LogP contribution in [0.5, 0.6) is 5.75 Å². The monoisotopic (exact) mass is 321 g/mol. The maximum Gasteiger partial charge on any atom is 0.141 e. The summed E-state index contributed by atoms with van der Waals surface area (Å²) < 4.78 is 8.52. The van der Waals surface area contributed by atoms with Crippen LogP contribution in [0.4, 0.5) is 0 Å². The molecule has 3 rings (SSSR count). The van der Waals surface area contributed by atoms with Crippen molar-refractivity contribution in [3.8, 4) is 17.1 Å². The predicted octanol–water partition coefficient (Wildman–Crippen LogP) is 2.77. The molecule has 1 aliphatic heterocycles. The van der Waals surface area contributed by atoms with Gasteiger partial charge in [0.05, 0.1) is 12.8 Å². The van der Waals surface area contributed by atoms with Gasteiger partial charge in [-0.1, -0.05) is 12.1 Å². The third-order valence-electron chi connectivity index (χ3n) is 3.48. The van der Waals surface area contributed by atoms with Gasteiger partial charge in [0, 0.05) is 25.2 Å². The largest absolute Gasteiger partial charge is 0.497 e. The van der Waals surface area contributed by atoms with Crippen LogP contribution in [0.25, 0.3) is 11.4 Å². The number of likely N-dealkylation sites (N-methyl/N-ethyl adjacent to an activating group) is 1. The van der Waals surface area contributed by atoms with Crippen molar-refractivity contribution in [2.24, 2.45) is 0 Å². The zero-order valence-electron chi connectivity index (χ0n) is 11.1. The molecule has 0 saturated carbocycles. The maximum atomic E-state index is 5.29. The third kappa shape index (κ3) is 2.28. The van der Waals surface area contributed by atoms with Crippen LogP contribution in [0, 0.1) is 0 Å². The van der Waals surface area contributed by atoms with Crippen molar-refractivity contribution in [3.05, 3.63) is 34.6 Å². The summed E-state index contributed by atoms with van der Waals surface area (Å²) in [6.07, 6.45) is 0. The first-order chi connectivity index (χ1) is 9.19. The molecular formula is C14H16BrN3O. The SMILES string of the molecule is COc1cccc(-c2nc(Br)c3n2CCN(C)C3)c1. The number of methoxy groups -OCH3 is 1. The highest BCUT2D eigenvalue weighted by atomic mass is 79.9. The number of halogens is 1. The van der Waals surface area contributed by atoms with Crippen molar-refractivity contribution < 1.29 is 4.74 Å². The van der Waals surface area contributed by atoms with Gasteiger partial charge in [0.1, 0.15) is 16.2 Å². The lowest BCUT2D eigenvalue weighted by Gasteiger charge is -2.25. The molecule has 0 saturated heterocycles. The highest BCUT2D eigenvalue weighted by molar-refractivity contribution is 9.10. The summed E-state index contributed by atoms with van der Waals surface area (Å²) in [7, 11) is 3.82. The van der Waals surface area contributed by atoms with Crippen LogP contribution in [0.1, 0.15) is 5.69 Å². The lowest BCUT2D eigenvalue weighted by molar-refractivity contribution is 0.270. The summed E-state index contributed by atoms with van der Waals surface area (Å²) >= 11 is 3.57. The number of fused-ring (bicyclic) bond motifs is 1. The van der Waals surface area contributed by atoms with Gasteiger partial charge in [-0.15, -0.1) is 0 Å². The van der Waals surface area contributed by atoms with Crippen LogP contribution in [0.3, 0.4) is 0 Å². The number of ether oxygens (including phenoxy) is 1. The number of nitrogens with zero attached hydrogens (tertiary/aromatic N) is 3. The first-order valence-corrected chi connectivity index (χ1v) is 7.06. The van der Waals surface area contributed by atoms with Crippen LogP contribution in [-0.4, -0.2) is 35.2 Å². The molecular weight excluding hydrogens is 306 g/mol. The molecule has 0 amide bonds. The van der Waals surface area contributed by atoms with E-state index in [1.165, 1.54) is 5.69 Å². The van der Waals surface area contributed by atoms with Gasteiger partial charge in [-0.25, -0.2) is 4.98 Å². The number of imidazole rings is 1. The van der Waals surface area contributed by atoms with Gasteiger partial charge in [0.15, 0.2) is 0 Å². The van der Waals surface area contributed by atoms with E-state index in [0.29, 0.717) is 0 Å². The lowest BCUT2D eigenvalue weighted by Crippen LogP contribution is -2.30. The fourth-order valence-corrected chi connectivity index (χ4v) is 2.94. The second-order valence-corrected chi connectivity index (χ2v) is 5.55. The summed E-state index contributed by atoms with van der Waals surface area (Å²) in [6.45, 7) is 2.95. The summed E-state index contributed by atoms with van der Waals surface area (Å²) in [6, 6.07) is 8.05. The van der Waals surface area contributed by atoms with Gasteiger partial charge >= 0.3 is 0 Å². The zero-order valence-corrected chi connectivity index (χ0v) is 12.6. The molecule has 0 bridgehead atoms. The molecule has 1 aliphatic rings. The van der Waals surface area contributed by atoms with Crippen molar-refractivity contribution in [1.82, 2.24) is 14.5 Å². The van der Waals surface area contributed by atoms with Gasteiger partial charge < -0.3 is 9.30 Å². The lowest BCUT2D eigenvalue weighted by atomic mass is 10.2. The molecule has 19 heavy (non-hydrogen) atoms. The Morgan fingerprint density at radius 2 is 2.16 bits per heavy atom. The second kappa shape index (κ2) is 4.98. The Balaban J connectivity index is 2.08. The molecule has 0 N–H and O–H groups in total. The summed E-state index contributed by atoms with van der Waals surface area (Å²) in [5.41, 5.74) is 2.34. The minimum atomic E-state index is 0.860. The minimum absolute atomic E-state index is 0.860. The molecule has 0 aliphatic carbocycles. The molecule has 0 fully saturated rings. The molecule has 0 spiro atoms. The van der Waals surface area contributed by atoms with Crippen molar-refractivity contribution >= 4 is 15.9 Å². The van der Waals surface area contributed by atoms with Crippen LogP contribution >= 0.6 is 15.9 Å². The molecule has 0 radical (unpaired) electrons. The minimum Gasteiger partial charge on any atom is -0.497 e. The fraction of sp³-hybridized carbons (Fsp3) is 0.357. The van der Waals surface area contributed by atoms with E-state index in [1.807, 2.05) is 18.2 Å². The summed E-state index contributed by atoms with van der Waals surface area (Å²) in [4.78, 5) is 6.97. The smallest absolute Gasteiger partial charge is 0.141 e. The fourth-order valence-electron chi connectivity index (χ4n) is 2.44. The Morgan fingerprint density at radius 3 is 2.95 bits per heavy atom. The first-order valence-electron chi connectivity index (χ1n) is 6.27. The van der Waals surface area contributed by atoms with Crippen molar-refractivity contribution in [1.29, 1.82) is 0 Å². The number of hydrogen-bond acceptors (Lipinski definition) is 3. The van der Waals surface area contributed by atoms with Gasteiger partial charge in [0.25, 0.3) is 0 Å². The van der Waals surface area contributed by atoms with E-state index in [4.69, 9.17) is 4.74 Å². The van der Waals surface area contributed by atoms with E-state index in [2.05, 4.69) is 43.5 Å². The Bertz CT molecular complexity index is 609. The average Bonchev–Trinajstić information content (AvgIpc) is 2.76. The van der Waals surface area contributed by atoms with Crippen molar-refractivity contribution in [2.75, 3.05) is 20.7 Å². The quantitative estimate of drug-likeness (QED) is 0.852. The molecule has 2 heterocycles. The normalized spacial score (nSPS) is 15.3. The second-order valence-electron chi connectivity index (χ2n) is 4.79. The van der Waals surface area contributed by atoms with E-state index in [-0.39, 0.29) is 0 Å². The van der Waals surface area contributed by atoms with E-state index in [1.54, 1.807) is 7.11 Å². The highest BCUT2D eigenvalue weighted by Crippen LogP contribution is 2.30. The number of hydrogen-bond donors (Lipinski definition) is 0. The molecule has 4 nitrogen and oxygen atoms in total. The van der Waals surface area contributed by atoms with Crippen LogP contribution < -0.4 is 4.74 Å². The maximum absolute atomic E-state index is 5.29. The van der Waals surface area contributed by atoms with Crippen molar-refractivity contribution in [2.45, 2.75) is 13.1 Å². The van der Waals surface area contributed by atoms with Crippen LogP contribution in [0.2, 0.25) is 0 Å². The van der Waals surface area contributed by atoms with Gasteiger partial charge in [-0.2, -0.15) is 0 Å². The van der Waals surface area contributed by atoms with E-state index in [0.717, 1.165) is 41.4 Å². The molecule has 0 unspecified atom stereocenters. The number of rotatable bonds is 2. The summed E-state index contributed by atoms with van der Waals surface area (Å²) in [5, 5.41) is 0. The standard InChI is InChI=1S/C14H16BrN3O/c1-17-6-7-18-12(9-17)13(15)16-14(18)10-4-3-5-11(8-10)19-2/h3-5,8H,6-7,9H2,1-2H3. The molecule has 1 aromatic heterocycles. The third-order valence-corrected chi connectivity index (χ3v) is 4.11. The number of benzene rings is 1. The van der Waals surface area contributed by atoms with Gasteiger partial charge in [0.2, 0.25) is 0 Å². The first kappa shape index (κ1) is 12.7.